The Hall–Kier alpha value is -5.24. The lowest BCUT2D eigenvalue weighted by Crippen LogP contribution is -2.52. The van der Waals surface area contributed by atoms with Crippen molar-refractivity contribution < 1.29 is 28.0 Å². The van der Waals surface area contributed by atoms with Crippen LogP contribution >= 0.6 is 0 Å². The van der Waals surface area contributed by atoms with Gasteiger partial charge in [0.15, 0.2) is 5.69 Å². The van der Waals surface area contributed by atoms with Crippen LogP contribution in [0.3, 0.4) is 0 Å². The number of imide groups is 1. The van der Waals surface area contributed by atoms with Gasteiger partial charge in [0, 0.05) is 72.7 Å². The van der Waals surface area contributed by atoms with Crippen molar-refractivity contribution in [2.45, 2.75) is 89.3 Å². The Morgan fingerprint density at radius 2 is 1.82 bits per heavy atom. The number of aromatic nitrogens is 4. The first-order valence-electron chi connectivity index (χ1n) is 19.8. The first-order chi connectivity index (χ1) is 27.0. The Labute approximate surface area is 323 Å². The first-order valence-corrected chi connectivity index (χ1v) is 19.8. The second-order valence-corrected chi connectivity index (χ2v) is 16.5. The van der Waals surface area contributed by atoms with Crippen LogP contribution in [0.1, 0.15) is 100 Å². The molecule has 2 aromatic heterocycles. The quantitative estimate of drug-likeness (QED) is 0.124. The number of hydrogen-bond acceptors (Lipinski definition) is 7. The van der Waals surface area contributed by atoms with E-state index in [0.29, 0.717) is 41.4 Å². The number of benzene rings is 2. The van der Waals surface area contributed by atoms with E-state index < -0.39 is 29.2 Å². The fourth-order valence-corrected chi connectivity index (χ4v) is 9.71. The van der Waals surface area contributed by atoms with Gasteiger partial charge in [0.2, 0.25) is 11.8 Å². The van der Waals surface area contributed by atoms with E-state index in [1.54, 1.807) is 18.0 Å². The van der Waals surface area contributed by atoms with Crippen molar-refractivity contribution in [2.75, 3.05) is 25.0 Å². The molecule has 3 aliphatic heterocycles. The lowest BCUT2D eigenvalue weighted by Gasteiger charge is -2.43. The predicted octanol–water partition coefficient (Wildman–Crippen LogP) is 5.31. The molecule has 0 bridgehead atoms. The summed E-state index contributed by atoms with van der Waals surface area (Å²) in [4.78, 5) is 54.7. The highest BCUT2D eigenvalue weighted by atomic mass is 19.3. The molecule has 0 radical (unpaired) electrons. The fraction of sp³-hybridized carbons (Fsp3) is 0.476. The number of nitrogens with zero attached hydrogens (tertiary/aromatic N) is 5. The number of hydrogen-bond donors (Lipinski definition) is 3. The zero-order chi connectivity index (χ0) is 38.8. The highest BCUT2D eigenvalue weighted by Gasteiger charge is 2.78. The van der Waals surface area contributed by atoms with Gasteiger partial charge in [-0.15, -0.1) is 0 Å². The Morgan fingerprint density at radius 3 is 2.62 bits per heavy atom. The van der Waals surface area contributed by atoms with Crippen LogP contribution in [0.2, 0.25) is 0 Å². The summed E-state index contributed by atoms with van der Waals surface area (Å²) >= 11 is 0. The number of piperidine rings is 1. The molecule has 0 spiro atoms. The second-order valence-electron chi connectivity index (χ2n) is 16.5. The summed E-state index contributed by atoms with van der Waals surface area (Å²) in [6.45, 7) is 4.88. The molecule has 3 unspecified atom stereocenters. The van der Waals surface area contributed by atoms with Crippen molar-refractivity contribution in [3.05, 3.63) is 100 Å². The van der Waals surface area contributed by atoms with Crippen LogP contribution in [-0.4, -0.2) is 85.0 Å². The highest BCUT2D eigenvalue weighted by Crippen LogP contribution is 2.70. The lowest BCUT2D eigenvalue weighted by molar-refractivity contribution is -0.136. The van der Waals surface area contributed by atoms with Gasteiger partial charge in [0.05, 0.1) is 17.9 Å². The number of likely N-dealkylation sites (tertiary alicyclic amines) is 1. The summed E-state index contributed by atoms with van der Waals surface area (Å²) in [7, 11) is 0. The van der Waals surface area contributed by atoms with Gasteiger partial charge in [-0.2, -0.15) is 10.2 Å². The van der Waals surface area contributed by atoms with Gasteiger partial charge >= 0.3 is 0 Å². The third kappa shape index (κ3) is 6.31. The number of fused-ring (bicyclic) bond motifs is 3. The van der Waals surface area contributed by atoms with Crippen molar-refractivity contribution in [2.24, 2.45) is 17.3 Å². The number of alkyl halides is 2. The monoisotopic (exact) mass is 764 g/mol. The number of H-pyrrole nitrogens is 1. The van der Waals surface area contributed by atoms with E-state index in [4.69, 9.17) is 0 Å². The van der Waals surface area contributed by atoms with Crippen LogP contribution in [0.25, 0.3) is 0 Å². The Bertz CT molecular complexity index is 2200. The van der Waals surface area contributed by atoms with E-state index in [-0.39, 0.29) is 48.7 Å². The molecule has 3 fully saturated rings. The van der Waals surface area contributed by atoms with Crippen LogP contribution < -0.4 is 10.6 Å². The topological polar surface area (TPSA) is 145 Å². The summed E-state index contributed by atoms with van der Waals surface area (Å²) in [6, 6.07) is 15.5. The average molecular weight is 765 g/mol. The fourth-order valence-electron chi connectivity index (χ4n) is 9.71. The number of aromatic amines is 1. The van der Waals surface area contributed by atoms with Crippen molar-refractivity contribution in [3.63, 3.8) is 0 Å². The van der Waals surface area contributed by atoms with Crippen LogP contribution in [0.5, 0.6) is 0 Å². The van der Waals surface area contributed by atoms with E-state index in [2.05, 4.69) is 49.0 Å². The number of unbranched alkanes of at least 4 members (excludes halogenated alkanes) is 3. The molecule has 292 valence electrons. The van der Waals surface area contributed by atoms with Gasteiger partial charge in [-0.05, 0) is 61.4 Å². The van der Waals surface area contributed by atoms with E-state index >= 15 is 0 Å². The van der Waals surface area contributed by atoms with Crippen molar-refractivity contribution in [1.29, 1.82) is 0 Å². The van der Waals surface area contributed by atoms with E-state index in [9.17, 15) is 28.0 Å². The first kappa shape index (κ1) is 36.4. The molecule has 14 heteroatoms. The van der Waals surface area contributed by atoms with Crippen molar-refractivity contribution >= 4 is 29.3 Å². The van der Waals surface area contributed by atoms with Gasteiger partial charge in [-0.1, -0.05) is 62.2 Å². The summed E-state index contributed by atoms with van der Waals surface area (Å²) in [5.41, 5.74) is 4.81. The maximum absolute atomic E-state index is 14.4. The molecule has 12 nitrogen and oxygen atoms in total. The molecular formula is C42H46F2N8O4. The molecule has 2 aliphatic carbocycles. The number of carbonyl (C=O) groups is 4. The van der Waals surface area contributed by atoms with Gasteiger partial charge in [-0.25, -0.2) is 8.78 Å². The minimum atomic E-state index is -2.73. The molecular weight excluding hydrogens is 719 g/mol. The second kappa shape index (κ2) is 14.1. The van der Waals surface area contributed by atoms with Crippen LogP contribution in [-0.2, 0) is 35.4 Å². The molecule has 5 aliphatic rings. The molecule has 4 amide bonds. The zero-order valence-corrected chi connectivity index (χ0v) is 31.4. The maximum atomic E-state index is 14.4. The third-order valence-electron chi connectivity index (χ3n) is 13.1. The molecule has 9 rings (SSSR count). The minimum absolute atomic E-state index is 0.0172. The van der Waals surface area contributed by atoms with Crippen molar-refractivity contribution in [1.82, 2.24) is 35.1 Å². The number of carbonyl (C=O) groups excluding carboxylic acids is 4. The lowest BCUT2D eigenvalue weighted by atomic mass is 9.86. The highest BCUT2D eigenvalue weighted by molar-refractivity contribution is 6.05. The van der Waals surface area contributed by atoms with E-state index in [0.717, 1.165) is 68.4 Å². The van der Waals surface area contributed by atoms with Gasteiger partial charge < -0.3 is 15.1 Å². The number of anilines is 1. The summed E-state index contributed by atoms with van der Waals surface area (Å²) in [5, 5.41) is 17.0. The van der Waals surface area contributed by atoms with Gasteiger partial charge in [0.1, 0.15) is 6.04 Å². The number of aryl methyl sites for hydroxylation is 1. The van der Waals surface area contributed by atoms with Crippen LogP contribution in [0.4, 0.5) is 14.5 Å². The number of amides is 4. The number of rotatable bonds is 13. The molecule has 56 heavy (non-hydrogen) atoms. The van der Waals surface area contributed by atoms with E-state index in [1.807, 2.05) is 41.2 Å². The molecule has 4 aromatic rings. The molecule has 5 heterocycles. The van der Waals surface area contributed by atoms with Gasteiger partial charge in [0.25, 0.3) is 17.7 Å². The maximum Gasteiger partial charge on any atom is 0.276 e. The normalized spacial score (nSPS) is 24.6. The predicted molar refractivity (Wildman–Crippen MR) is 202 cm³/mol. The SMILES string of the molecule is C[C@@]12Cc3[nH]nc(C(=O)Nc4cnn(C(c5ccccc5)C5CN(CCCCCCc6cccc7c6CN(C6CCC(=O)NC6=O)C7=O)C5)c4)c3CC1C2(F)F. The number of nitrogens with one attached hydrogen (secondary N) is 3. The average Bonchev–Trinajstić information content (AvgIpc) is 3.71. The molecule has 4 atom stereocenters. The molecule has 2 aromatic carbocycles. The van der Waals surface area contributed by atoms with Gasteiger partial charge in [-0.3, -0.25) is 34.3 Å². The summed E-state index contributed by atoms with van der Waals surface area (Å²) < 4.78 is 30.8. The van der Waals surface area contributed by atoms with Crippen LogP contribution in [0.15, 0.2) is 60.9 Å². The number of halogens is 2. The standard InChI is InChI=1S/C42H46F2N8O4/c1-41-19-32-30(18-34(41)42(41,43)44)36(49-48-32)39(55)46-28-20-45-52(23-28)37(26-11-6-4-7-12-26)27-21-50(22-27)17-8-3-2-5-10-25-13-9-14-29-31(25)24-51(40(29)56)33-15-16-35(53)47-38(33)54/h4,6-7,9,11-14,20,23,27,33-34,37H,2-3,5,8,10,15-19,21-22,24H2,1H3,(H,46,55)(H,48,49)(H,47,53,54)/t33?,34?,37?,41-/m1/s1. The van der Waals surface area contributed by atoms with Crippen molar-refractivity contribution in [3.8, 4) is 0 Å². The van der Waals surface area contributed by atoms with E-state index in [1.165, 1.54) is 0 Å². The molecule has 2 saturated heterocycles. The van der Waals surface area contributed by atoms with Crippen LogP contribution in [0, 0.1) is 17.3 Å². The largest absolute Gasteiger partial charge is 0.322 e. The smallest absolute Gasteiger partial charge is 0.276 e. The Balaban J connectivity index is 0.753. The zero-order valence-electron chi connectivity index (χ0n) is 31.4. The Kier molecular flexibility index (Phi) is 9.13. The summed E-state index contributed by atoms with van der Waals surface area (Å²) in [5.74, 6) is -4.40. The molecule has 1 saturated carbocycles. The summed E-state index contributed by atoms with van der Waals surface area (Å²) in [6.07, 6.45) is 9.55. The minimum Gasteiger partial charge on any atom is -0.322 e. The Morgan fingerprint density at radius 1 is 1.02 bits per heavy atom. The molecule has 3 N–H and O–H groups in total. The third-order valence-corrected chi connectivity index (χ3v) is 13.1.